The number of nitrogens with zero attached hydrogens (tertiary/aromatic N) is 2. The van der Waals surface area contributed by atoms with Crippen LogP contribution in [0.2, 0.25) is 5.02 Å². The molecule has 3 aromatic heterocycles. The highest BCUT2D eigenvalue weighted by Crippen LogP contribution is 2.19. The molecule has 4 aromatic rings. The first-order chi connectivity index (χ1) is 15.2. The largest absolute Gasteiger partial charge is 0.347 e. The number of nitrogens with one attached hydrogen (secondary N) is 2. The van der Waals surface area contributed by atoms with Gasteiger partial charge < -0.3 is 10.3 Å². The number of H-pyrrole nitrogens is 1. The molecule has 3 heterocycles. The Bertz CT molecular complexity index is 1520. The maximum Gasteiger partial charge on any atom is 0.336 e. The molecule has 0 radical (unpaired) electrons. The van der Waals surface area contributed by atoms with E-state index in [0.29, 0.717) is 21.5 Å². The number of halogens is 2. The van der Waals surface area contributed by atoms with Crippen LogP contribution in [0.25, 0.3) is 4.83 Å². The monoisotopic (exact) mass is 474 g/mol. The van der Waals surface area contributed by atoms with Crippen LogP contribution in [0.1, 0.15) is 26.4 Å². The van der Waals surface area contributed by atoms with Crippen LogP contribution in [0.4, 0.5) is 4.39 Å². The number of aryl methyl sites for hydroxylation is 1. The minimum atomic E-state index is -0.646. The number of rotatable bonds is 5. The lowest BCUT2D eigenvalue weighted by Crippen LogP contribution is -2.38. The molecule has 0 aliphatic rings. The maximum atomic E-state index is 13.8. The summed E-state index contributed by atoms with van der Waals surface area (Å²) in [6.07, 6.45) is 2.87. The maximum absolute atomic E-state index is 13.8. The first-order valence-electron chi connectivity index (χ1n) is 9.40. The van der Waals surface area contributed by atoms with Crippen molar-refractivity contribution < 1.29 is 9.18 Å². The van der Waals surface area contributed by atoms with Crippen LogP contribution in [0.3, 0.4) is 0 Å². The van der Waals surface area contributed by atoms with Crippen LogP contribution < -0.4 is 22.1 Å². The molecule has 164 valence electrons. The Morgan fingerprint density at radius 2 is 1.94 bits per heavy atom. The van der Waals surface area contributed by atoms with Gasteiger partial charge in [0.25, 0.3) is 11.5 Å². The number of thiazole rings is 1. The first kappa shape index (κ1) is 21.7. The fourth-order valence-corrected chi connectivity index (χ4v) is 4.27. The molecule has 8 nitrogen and oxygen atoms in total. The molecule has 0 aliphatic heterocycles. The van der Waals surface area contributed by atoms with E-state index in [4.69, 9.17) is 11.6 Å². The SMILES string of the molecule is Cc1c(=O)n(Cc2ccc(Cl)c(F)c2)c(=O)n2cc(C(=O)NCc3ccc(=O)[nH]c3)sc12. The van der Waals surface area contributed by atoms with Gasteiger partial charge in [-0.2, -0.15) is 0 Å². The lowest BCUT2D eigenvalue weighted by molar-refractivity contribution is 0.0954. The number of hydrogen-bond donors (Lipinski definition) is 2. The lowest BCUT2D eigenvalue weighted by atomic mass is 10.2. The zero-order chi connectivity index (χ0) is 23.0. The molecule has 0 unspecified atom stereocenters. The van der Waals surface area contributed by atoms with E-state index in [-0.39, 0.29) is 28.5 Å². The molecule has 32 heavy (non-hydrogen) atoms. The predicted octanol–water partition coefficient (Wildman–Crippen LogP) is 2.29. The van der Waals surface area contributed by atoms with Gasteiger partial charge in [-0.05, 0) is 30.2 Å². The lowest BCUT2D eigenvalue weighted by Gasteiger charge is -2.08. The number of carbonyl (C=O) groups excluding carboxylic acids is 1. The van der Waals surface area contributed by atoms with Crippen molar-refractivity contribution >= 4 is 33.7 Å². The third-order valence-electron chi connectivity index (χ3n) is 4.85. The van der Waals surface area contributed by atoms with Crippen molar-refractivity contribution in [1.82, 2.24) is 19.3 Å². The highest BCUT2D eigenvalue weighted by atomic mass is 35.5. The number of benzene rings is 1. The quantitative estimate of drug-likeness (QED) is 0.463. The normalized spacial score (nSPS) is 11.1. The van der Waals surface area contributed by atoms with Crippen molar-refractivity contribution in [3.63, 3.8) is 0 Å². The minimum Gasteiger partial charge on any atom is -0.347 e. The van der Waals surface area contributed by atoms with Gasteiger partial charge in [0.1, 0.15) is 15.5 Å². The summed E-state index contributed by atoms with van der Waals surface area (Å²) in [5.74, 6) is -1.07. The fraction of sp³-hybridized carbons (Fsp3) is 0.143. The van der Waals surface area contributed by atoms with Crippen molar-refractivity contribution in [1.29, 1.82) is 0 Å². The first-order valence-corrected chi connectivity index (χ1v) is 10.6. The molecular formula is C21H16ClFN4O4S. The summed E-state index contributed by atoms with van der Waals surface area (Å²) in [4.78, 5) is 52.6. The van der Waals surface area contributed by atoms with Crippen molar-refractivity contribution in [2.45, 2.75) is 20.0 Å². The van der Waals surface area contributed by atoms with E-state index in [0.717, 1.165) is 15.9 Å². The van der Waals surface area contributed by atoms with E-state index in [1.807, 2.05) is 0 Å². The zero-order valence-electron chi connectivity index (χ0n) is 16.6. The summed E-state index contributed by atoms with van der Waals surface area (Å²) in [7, 11) is 0. The number of carbonyl (C=O) groups is 1. The van der Waals surface area contributed by atoms with Crippen LogP contribution in [0.15, 0.2) is 57.1 Å². The average molecular weight is 475 g/mol. The third-order valence-corrected chi connectivity index (χ3v) is 6.36. The van der Waals surface area contributed by atoms with Gasteiger partial charge in [0.05, 0.1) is 11.6 Å². The molecule has 0 atom stereocenters. The second kappa shape index (κ2) is 8.56. The Kier molecular flexibility index (Phi) is 5.81. The summed E-state index contributed by atoms with van der Waals surface area (Å²) in [6, 6.07) is 7.00. The minimum absolute atomic E-state index is 0.0557. The summed E-state index contributed by atoms with van der Waals surface area (Å²) in [5, 5.41) is 2.65. The number of pyridine rings is 1. The van der Waals surface area contributed by atoms with E-state index in [1.54, 1.807) is 13.0 Å². The number of aromatic amines is 1. The topological polar surface area (TPSA) is 105 Å². The summed E-state index contributed by atoms with van der Waals surface area (Å²) in [6.45, 7) is 1.60. The Labute approximate surface area is 188 Å². The summed E-state index contributed by atoms with van der Waals surface area (Å²) in [5.41, 5.74) is -0.0117. The van der Waals surface area contributed by atoms with Crippen LogP contribution in [-0.4, -0.2) is 19.9 Å². The van der Waals surface area contributed by atoms with Gasteiger partial charge in [0.15, 0.2) is 0 Å². The Morgan fingerprint density at radius 3 is 2.62 bits per heavy atom. The van der Waals surface area contributed by atoms with Gasteiger partial charge in [-0.15, -0.1) is 11.3 Å². The van der Waals surface area contributed by atoms with E-state index < -0.39 is 23.0 Å². The smallest absolute Gasteiger partial charge is 0.336 e. The summed E-state index contributed by atoms with van der Waals surface area (Å²) >= 11 is 6.71. The molecule has 0 spiro atoms. The molecule has 1 amide bonds. The van der Waals surface area contributed by atoms with Gasteiger partial charge in [-0.25, -0.2) is 9.18 Å². The highest BCUT2D eigenvalue weighted by Gasteiger charge is 2.18. The fourth-order valence-electron chi connectivity index (χ4n) is 3.15. The number of aromatic nitrogens is 3. The van der Waals surface area contributed by atoms with E-state index in [2.05, 4.69) is 10.3 Å². The molecule has 1 aromatic carbocycles. The van der Waals surface area contributed by atoms with Gasteiger partial charge >= 0.3 is 5.69 Å². The molecular weight excluding hydrogens is 459 g/mol. The van der Waals surface area contributed by atoms with Gasteiger partial charge in [-0.1, -0.05) is 23.7 Å². The van der Waals surface area contributed by atoms with Crippen molar-refractivity contribution in [3.8, 4) is 0 Å². The van der Waals surface area contributed by atoms with E-state index in [1.165, 1.54) is 41.1 Å². The van der Waals surface area contributed by atoms with Crippen molar-refractivity contribution in [2.24, 2.45) is 0 Å². The number of amides is 1. The van der Waals surface area contributed by atoms with E-state index >= 15 is 0 Å². The van der Waals surface area contributed by atoms with Crippen LogP contribution in [0, 0.1) is 12.7 Å². The Balaban J connectivity index is 1.66. The predicted molar refractivity (Wildman–Crippen MR) is 119 cm³/mol. The summed E-state index contributed by atoms with van der Waals surface area (Å²) < 4.78 is 16.0. The number of fused-ring (bicyclic) bond motifs is 1. The Morgan fingerprint density at radius 1 is 1.19 bits per heavy atom. The molecule has 0 bridgehead atoms. The van der Waals surface area contributed by atoms with Crippen molar-refractivity contribution in [3.05, 3.63) is 106 Å². The average Bonchev–Trinajstić information content (AvgIpc) is 3.23. The van der Waals surface area contributed by atoms with Crippen LogP contribution in [-0.2, 0) is 13.1 Å². The Hall–Kier alpha value is -3.50. The van der Waals surface area contributed by atoms with Gasteiger partial charge in [0.2, 0.25) is 5.56 Å². The second-order valence-corrected chi connectivity index (χ2v) is 8.50. The standard InChI is InChI=1S/C21H16ClFN4O4S/c1-11-19(30)26(9-12-2-4-14(22)15(23)6-12)21(31)27-10-16(32-20(11)27)18(29)25-8-13-3-5-17(28)24-7-13/h2-7,10H,8-9H2,1H3,(H,24,28)(H,25,29). The second-order valence-electron chi connectivity index (χ2n) is 7.06. The van der Waals surface area contributed by atoms with Crippen LogP contribution in [0.5, 0.6) is 0 Å². The van der Waals surface area contributed by atoms with Crippen molar-refractivity contribution in [2.75, 3.05) is 0 Å². The van der Waals surface area contributed by atoms with Gasteiger partial charge in [-0.3, -0.25) is 23.4 Å². The highest BCUT2D eigenvalue weighted by molar-refractivity contribution is 7.19. The van der Waals surface area contributed by atoms with Gasteiger partial charge in [0, 0.05) is 30.6 Å². The van der Waals surface area contributed by atoms with E-state index in [9.17, 15) is 23.6 Å². The molecule has 11 heteroatoms. The molecule has 4 rings (SSSR count). The molecule has 2 N–H and O–H groups in total. The molecule has 0 aliphatic carbocycles. The third kappa shape index (κ3) is 4.14. The zero-order valence-corrected chi connectivity index (χ0v) is 18.2. The number of hydrogen-bond acceptors (Lipinski definition) is 5. The molecule has 0 saturated heterocycles. The molecule has 0 saturated carbocycles. The van der Waals surface area contributed by atoms with Crippen LogP contribution >= 0.6 is 22.9 Å². The molecule has 0 fully saturated rings.